The van der Waals surface area contributed by atoms with E-state index in [9.17, 15) is 4.79 Å². The SMILES string of the molecule is CCOC(=O)CC(c1ccc(Cl)cc1)c1nc2cc(Cl)ccc2[nH]1. The Hall–Kier alpha value is -2.04. The second kappa shape index (κ2) is 7.24. The highest BCUT2D eigenvalue weighted by Crippen LogP contribution is 2.29. The molecule has 0 aliphatic carbocycles. The lowest BCUT2D eigenvalue weighted by Crippen LogP contribution is -2.12. The van der Waals surface area contributed by atoms with Crippen molar-refractivity contribution < 1.29 is 9.53 Å². The normalized spacial score (nSPS) is 12.3. The number of hydrogen-bond acceptors (Lipinski definition) is 3. The molecule has 3 rings (SSSR count). The first-order valence-corrected chi connectivity index (χ1v) is 8.38. The topological polar surface area (TPSA) is 55.0 Å². The molecular formula is C18H16Cl2N2O2. The first-order chi connectivity index (χ1) is 11.6. The molecule has 0 saturated carbocycles. The summed E-state index contributed by atoms with van der Waals surface area (Å²) in [7, 11) is 0. The number of imidazole rings is 1. The average Bonchev–Trinajstić information content (AvgIpc) is 2.96. The molecule has 2 aromatic carbocycles. The number of esters is 1. The Labute approximate surface area is 149 Å². The van der Waals surface area contributed by atoms with Crippen molar-refractivity contribution >= 4 is 40.2 Å². The number of fused-ring (bicyclic) bond motifs is 1. The van der Waals surface area contributed by atoms with Crippen molar-refractivity contribution in [1.29, 1.82) is 0 Å². The van der Waals surface area contributed by atoms with Gasteiger partial charge in [-0.05, 0) is 42.8 Å². The van der Waals surface area contributed by atoms with Crippen LogP contribution in [-0.4, -0.2) is 22.5 Å². The summed E-state index contributed by atoms with van der Waals surface area (Å²) in [5.41, 5.74) is 2.58. The molecule has 6 heteroatoms. The summed E-state index contributed by atoms with van der Waals surface area (Å²) in [4.78, 5) is 19.9. The number of halogens is 2. The molecule has 124 valence electrons. The molecule has 3 aromatic rings. The Morgan fingerprint density at radius 2 is 1.88 bits per heavy atom. The zero-order valence-electron chi connectivity index (χ0n) is 13.1. The van der Waals surface area contributed by atoms with Gasteiger partial charge in [0.1, 0.15) is 5.82 Å². The van der Waals surface area contributed by atoms with Crippen LogP contribution in [0.3, 0.4) is 0 Å². The lowest BCUT2D eigenvalue weighted by atomic mass is 9.95. The summed E-state index contributed by atoms with van der Waals surface area (Å²) in [6, 6.07) is 12.9. The number of ether oxygens (including phenoxy) is 1. The number of H-pyrrole nitrogens is 1. The van der Waals surface area contributed by atoms with Crippen LogP contribution in [0, 0.1) is 0 Å². The molecule has 0 saturated heterocycles. The highest BCUT2D eigenvalue weighted by molar-refractivity contribution is 6.31. The molecule has 1 N–H and O–H groups in total. The molecule has 0 amide bonds. The minimum Gasteiger partial charge on any atom is -0.466 e. The van der Waals surface area contributed by atoms with E-state index in [1.807, 2.05) is 18.2 Å². The van der Waals surface area contributed by atoms with Gasteiger partial charge in [-0.25, -0.2) is 4.98 Å². The maximum Gasteiger partial charge on any atom is 0.306 e. The summed E-state index contributed by atoms with van der Waals surface area (Å²) in [6.45, 7) is 2.14. The molecular weight excluding hydrogens is 347 g/mol. The Morgan fingerprint density at radius 1 is 1.17 bits per heavy atom. The molecule has 24 heavy (non-hydrogen) atoms. The maximum absolute atomic E-state index is 12.0. The minimum atomic E-state index is -0.268. The van der Waals surface area contributed by atoms with Crippen molar-refractivity contribution in [2.45, 2.75) is 19.3 Å². The number of hydrogen-bond donors (Lipinski definition) is 1. The Morgan fingerprint density at radius 3 is 2.58 bits per heavy atom. The molecule has 1 aromatic heterocycles. The van der Waals surface area contributed by atoms with Crippen LogP contribution in [0.15, 0.2) is 42.5 Å². The van der Waals surface area contributed by atoms with Crippen molar-refractivity contribution in [2.75, 3.05) is 6.61 Å². The first-order valence-electron chi connectivity index (χ1n) is 7.63. The van der Waals surface area contributed by atoms with Crippen molar-refractivity contribution in [1.82, 2.24) is 9.97 Å². The van der Waals surface area contributed by atoms with Crippen LogP contribution in [0.5, 0.6) is 0 Å². The van der Waals surface area contributed by atoms with Gasteiger partial charge in [0.2, 0.25) is 0 Å². The third-order valence-corrected chi connectivity index (χ3v) is 4.23. The monoisotopic (exact) mass is 362 g/mol. The van der Waals surface area contributed by atoms with E-state index in [1.54, 1.807) is 31.2 Å². The van der Waals surface area contributed by atoms with E-state index in [-0.39, 0.29) is 18.3 Å². The van der Waals surface area contributed by atoms with Crippen molar-refractivity contribution in [3.8, 4) is 0 Å². The number of aromatic nitrogens is 2. The van der Waals surface area contributed by atoms with E-state index in [0.29, 0.717) is 22.5 Å². The molecule has 0 aliphatic heterocycles. The van der Waals surface area contributed by atoms with Crippen LogP contribution in [-0.2, 0) is 9.53 Å². The zero-order chi connectivity index (χ0) is 17.1. The summed E-state index contributed by atoms with van der Waals surface area (Å²) in [6.07, 6.45) is 0.197. The number of benzene rings is 2. The minimum absolute atomic E-state index is 0.197. The predicted octanol–water partition coefficient (Wildman–Crippen LogP) is 4.95. The molecule has 1 atom stereocenters. The van der Waals surface area contributed by atoms with Crippen molar-refractivity contribution in [2.24, 2.45) is 0 Å². The van der Waals surface area contributed by atoms with Gasteiger partial charge in [0.15, 0.2) is 0 Å². The lowest BCUT2D eigenvalue weighted by Gasteiger charge is -2.14. The van der Waals surface area contributed by atoms with Crippen LogP contribution in [0.2, 0.25) is 10.0 Å². The largest absolute Gasteiger partial charge is 0.466 e. The fourth-order valence-electron chi connectivity index (χ4n) is 2.62. The van der Waals surface area contributed by atoms with Crippen molar-refractivity contribution in [3.63, 3.8) is 0 Å². The molecule has 0 bridgehead atoms. The van der Waals surface area contributed by atoms with E-state index in [0.717, 1.165) is 16.6 Å². The fourth-order valence-corrected chi connectivity index (χ4v) is 2.91. The third-order valence-electron chi connectivity index (χ3n) is 3.74. The van der Waals surface area contributed by atoms with E-state index >= 15 is 0 Å². The fraction of sp³-hybridized carbons (Fsp3) is 0.222. The van der Waals surface area contributed by atoms with Crippen LogP contribution >= 0.6 is 23.2 Å². The van der Waals surface area contributed by atoms with E-state index in [2.05, 4.69) is 9.97 Å². The van der Waals surface area contributed by atoms with Gasteiger partial charge < -0.3 is 9.72 Å². The second-order valence-corrected chi connectivity index (χ2v) is 6.27. The van der Waals surface area contributed by atoms with Gasteiger partial charge in [-0.3, -0.25) is 4.79 Å². The van der Waals surface area contributed by atoms with Gasteiger partial charge in [-0.1, -0.05) is 35.3 Å². The maximum atomic E-state index is 12.0. The lowest BCUT2D eigenvalue weighted by molar-refractivity contribution is -0.143. The van der Waals surface area contributed by atoms with E-state index in [1.165, 1.54) is 0 Å². The molecule has 0 aliphatic rings. The van der Waals surface area contributed by atoms with Crippen LogP contribution in [0.25, 0.3) is 11.0 Å². The van der Waals surface area contributed by atoms with Gasteiger partial charge in [0, 0.05) is 10.0 Å². The quantitative estimate of drug-likeness (QED) is 0.652. The zero-order valence-corrected chi connectivity index (χ0v) is 14.6. The third kappa shape index (κ3) is 3.71. The summed E-state index contributed by atoms with van der Waals surface area (Å²) in [5.74, 6) is 0.186. The van der Waals surface area contributed by atoms with Gasteiger partial charge >= 0.3 is 5.97 Å². The van der Waals surface area contributed by atoms with Crippen LogP contribution in [0.1, 0.15) is 30.7 Å². The standard InChI is InChI=1S/C18H16Cl2N2O2/c1-2-24-17(23)10-14(11-3-5-12(19)6-4-11)18-21-15-8-7-13(20)9-16(15)22-18/h3-9,14H,2,10H2,1H3,(H,21,22). The summed E-state index contributed by atoms with van der Waals surface area (Å²) >= 11 is 12.0. The number of nitrogens with one attached hydrogen (secondary N) is 1. The molecule has 0 radical (unpaired) electrons. The van der Waals surface area contributed by atoms with Gasteiger partial charge in [0.05, 0.1) is 30.0 Å². The molecule has 1 unspecified atom stereocenters. The molecule has 0 spiro atoms. The Bertz CT molecular complexity index is 859. The number of aromatic amines is 1. The second-order valence-electron chi connectivity index (χ2n) is 5.40. The number of rotatable bonds is 5. The highest BCUT2D eigenvalue weighted by Gasteiger charge is 2.22. The van der Waals surface area contributed by atoms with Crippen molar-refractivity contribution in [3.05, 3.63) is 63.9 Å². The average molecular weight is 363 g/mol. The smallest absolute Gasteiger partial charge is 0.306 e. The molecule has 1 heterocycles. The summed E-state index contributed by atoms with van der Waals surface area (Å²) < 4.78 is 5.10. The molecule has 0 fully saturated rings. The van der Waals surface area contributed by atoms with Gasteiger partial charge in [-0.15, -0.1) is 0 Å². The first kappa shape index (κ1) is 16.8. The van der Waals surface area contributed by atoms with Crippen LogP contribution < -0.4 is 0 Å². The van der Waals surface area contributed by atoms with E-state index < -0.39 is 0 Å². The van der Waals surface area contributed by atoms with Crippen LogP contribution in [0.4, 0.5) is 0 Å². The Kier molecular flexibility index (Phi) is 5.07. The number of carbonyl (C=O) groups is 1. The highest BCUT2D eigenvalue weighted by atomic mass is 35.5. The predicted molar refractivity (Wildman–Crippen MR) is 95.6 cm³/mol. The van der Waals surface area contributed by atoms with E-state index in [4.69, 9.17) is 27.9 Å². The Balaban J connectivity index is 2.01. The van der Waals surface area contributed by atoms with Gasteiger partial charge in [-0.2, -0.15) is 0 Å². The summed E-state index contributed by atoms with van der Waals surface area (Å²) in [5, 5.41) is 1.26. The van der Waals surface area contributed by atoms with Gasteiger partial charge in [0.25, 0.3) is 0 Å². The number of nitrogens with zero attached hydrogens (tertiary/aromatic N) is 1. The molecule has 4 nitrogen and oxygen atoms in total. The number of carbonyl (C=O) groups excluding carboxylic acids is 1.